The molecule has 62 heavy (non-hydrogen) atoms. The Hall–Kier alpha value is -3.00. The van der Waals surface area contributed by atoms with E-state index in [1.54, 1.807) is 12.3 Å². The lowest BCUT2D eigenvalue weighted by molar-refractivity contribution is -0.187. The molecule has 2 heterocycles. The van der Waals surface area contributed by atoms with Crippen LogP contribution >= 0.6 is 0 Å². The van der Waals surface area contributed by atoms with E-state index >= 15 is 0 Å². The Balaban J connectivity index is 1.08. The number of carboxylic acid groups (broad SMARTS) is 1. The van der Waals surface area contributed by atoms with Crippen molar-refractivity contribution in [1.29, 1.82) is 0 Å². The van der Waals surface area contributed by atoms with Gasteiger partial charge in [-0.25, -0.2) is 13.4 Å². The van der Waals surface area contributed by atoms with E-state index in [1.807, 2.05) is 12.1 Å². The van der Waals surface area contributed by atoms with Gasteiger partial charge in [0.05, 0.1) is 28.9 Å². The van der Waals surface area contributed by atoms with Crippen molar-refractivity contribution in [2.45, 2.75) is 161 Å². The molecule has 8 rings (SSSR count). The van der Waals surface area contributed by atoms with Crippen LogP contribution in [0.25, 0.3) is 4.85 Å². The van der Waals surface area contributed by atoms with E-state index < -0.39 is 32.4 Å². The molecule has 2 unspecified atom stereocenters. The van der Waals surface area contributed by atoms with Crippen molar-refractivity contribution in [3.63, 3.8) is 0 Å². The first-order chi connectivity index (χ1) is 29.1. The Morgan fingerprint density at radius 3 is 2.32 bits per heavy atom. The number of allylic oxidation sites excluding steroid dienone is 4. The number of aliphatic carboxylic acids is 1. The van der Waals surface area contributed by atoms with Gasteiger partial charge in [0.25, 0.3) is 6.57 Å². The van der Waals surface area contributed by atoms with Crippen molar-refractivity contribution < 1.29 is 28.2 Å². The number of nitrogens with one attached hydrogen (secondary N) is 1. The van der Waals surface area contributed by atoms with Crippen LogP contribution in [0.15, 0.2) is 59.8 Å². The number of aromatic nitrogens is 1. The second-order valence-corrected chi connectivity index (χ2v) is 25.4. The summed E-state index contributed by atoms with van der Waals surface area (Å²) in [6, 6.07) is 5.46. The summed E-state index contributed by atoms with van der Waals surface area (Å²) in [5.74, 6) is 1.50. The van der Waals surface area contributed by atoms with E-state index in [1.165, 1.54) is 17.6 Å². The first-order valence-corrected chi connectivity index (χ1v) is 25.8. The fourth-order valence-corrected chi connectivity index (χ4v) is 18.1. The van der Waals surface area contributed by atoms with Crippen molar-refractivity contribution in [3.05, 3.63) is 64.7 Å². The van der Waals surface area contributed by atoms with Gasteiger partial charge >= 0.3 is 11.5 Å². The van der Waals surface area contributed by atoms with Crippen LogP contribution in [0.3, 0.4) is 0 Å². The Kier molecular flexibility index (Phi) is 11.4. The number of hydrogen-bond donors (Lipinski definition) is 3. The molecule has 0 aromatic carbocycles. The maximum atomic E-state index is 12.8. The van der Waals surface area contributed by atoms with Gasteiger partial charge in [0.2, 0.25) is 5.88 Å². The summed E-state index contributed by atoms with van der Waals surface area (Å²) >= 11 is 0. The van der Waals surface area contributed by atoms with Crippen LogP contribution in [0.5, 0.6) is 5.88 Å². The van der Waals surface area contributed by atoms with E-state index in [-0.39, 0.29) is 57.1 Å². The van der Waals surface area contributed by atoms with Gasteiger partial charge in [0.15, 0.2) is 9.84 Å². The molecule has 0 amide bonds. The van der Waals surface area contributed by atoms with Gasteiger partial charge in [-0.2, -0.15) is 0 Å². The van der Waals surface area contributed by atoms with Crippen LogP contribution < -0.4 is 10.1 Å². The summed E-state index contributed by atoms with van der Waals surface area (Å²) in [5.41, 5.74) is 1.06. The Morgan fingerprint density at radius 1 is 0.952 bits per heavy atom. The van der Waals surface area contributed by atoms with Gasteiger partial charge in [0, 0.05) is 12.3 Å². The zero-order valence-corrected chi connectivity index (χ0v) is 39.7. The van der Waals surface area contributed by atoms with Crippen LogP contribution in [-0.2, 0) is 14.6 Å². The third kappa shape index (κ3) is 6.81. The number of nitrogens with zero attached hydrogens (tertiary/aromatic N) is 2. The SMILES string of the molecule is C#[N+][C@@]12C3[C@H](C)CC[C@@H]4[C@@]5(C)CC=C(C6=CCC(COc7ccccn7)(C(=O)O)CC6)C(C)(C)[C@@H]5CC[C@@]4(C)[C@]3(C)CC[C@@]1(NCCC1(O)CCS(=O)(=O)CC1)CC[C@H]2C(=C)C. The van der Waals surface area contributed by atoms with Crippen LogP contribution in [-0.4, -0.2) is 70.9 Å². The molecule has 0 spiro atoms. The highest BCUT2D eigenvalue weighted by atomic mass is 32.2. The smallest absolute Gasteiger partial charge is 0.313 e. The van der Waals surface area contributed by atoms with Crippen LogP contribution in [0.2, 0.25) is 0 Å². The number of carboxylic acids is 1. The molecule has 1 aromatic rings. The molecule has 3 N–H and O–H groups in total. The molecule has 4 saturated carbocycles. The number of fused-ring (bicyclic) bond motifs is 7. The first-order valence-electron chi connectivity index (χ1n) is 24.0. The van der Waals surface area contributed by atoms with Crippen LogP contribution in [0, 0.1) is 63.2 Å². The van der Waals surface area contributed by atoms with Crippen LogP contribution in [0.1, 0.15) is 145 Å². The molecule has 1 saturated heterocycles. The van der Waals surface area contributed by atoms with Crippen LogP contribution in [0.4, 0.5) is 0 Å². The summed E-state index contributed by atoms with van der Waals surface area (Å²) in [4.78, 5) is 22.3. The van der Waals surface area contributed by atoms with Crippen molar-refractivity contribution >= 4 is 15.8 Å². The van der Waals surface area contributed by atoms with Crippen molar-refractivity contribution in [2.24, 2.45) is 56.7 Å². The minimum Gasteiger partial charge on any atom is -0.481 e. The average Bonchev–Trinajstić information content (AvgIpc) is 3.52. The predicted molar refractivity (Wildman–Crippen MR) is 247 cm³/mol. The van der Waals surface area contributed by atoms with Crippen molar-refractivity contribution in [2.75, 3.05) is 24.7 Å². The number of aliphatic hydroxyl groups is 1. The fourth-order valence-electron chi connectivity index (χ4n) is 16.5. The summed E-state index contributed by atoms with van der Waals surface area (Å²) in [6.07, 6.45) is 18.8. The van der Waals surface area contributed by atoms with E-state index in [0.29, 0.717) is 62.3 Å². The minimum atomic E-state index is -3.08. The third-order valence-electron chi connectivity index (χ3n) is 20.0. The lowest BCUT2D eigenvalue weighted by Gasteiger charge is -2.68. The highest BCUT2D eigenvalue weighted by molar-refractivity contribution is 7.91. The molecule has 5 fully saturated rings. The number of rotatable bonds is 10. The summed E-state index contributed by atoms with van der Waals surface area (Å²) in [5, 5.41) is 26.1. The molecule has 11 atom stereocenters. The van der Waals surface area contributed by atoms with E-state index in [2.05, 4.69) is 77.5 Å². The van der Waals surface area contributed by atoms with Gasteiger partial charge in [0.1, 0.15) is 17.6 Å². The molecule has 0 radical (unpaired) electrons. The molecule has 10 heteroatoms. The molecule has 7 aliphatic rings. The minimum absolute atomic E-state index is 0.0406. The van der Waals surface area contributed by atoms with E-state index in [0.717, 1.165) is 63.4 Å². The number of sulfone groups is 1. The Morgan fingerprint density at radius 2 is 1.69 bits per heavy atom. The number of carbonyl (C=O) groups is 1. The Labute approximate surface area is 372 Å². The van der Waals surface area contributed by atoms with Gasteiger partial charge < -0.3 is 20.3 Å². The maximum Gasteiger partial charge on any atom is 0.313 e. The fraction of sp³-hybridized carbons (Fsp3) is 0.750. The van der Waals surface area contributed by atoms with Crippen molar-refractivity contribution in [1.82, 2.24) is 10.3 Å². The zero-order chi connectivity index (χ0) is 44.8. The lowest BCUT2D eigenvalue weighted by atomic mass is 9.35. The Bertz CT molecular complexity index is 2150. The van der Waals surface area contributed by atoms with E-state index in [9.17, 15) is 23.4 Å². The highest BCUT2D eigenvalue weighted by Crippen LogP contribution is 2.77. The van der Waals surface area contributed by atoms with Gasteiger partial charge in [-0.1, -0.05) is 76.8 Å². The van der Waals surface area contributed by atoms with Gasteiger partial charge in [-0.15, -0.1) is 0 Å². The monoisotopic (exact) mass is 871 g/mol. The number of pyridine rings is 1. The summed E-state index contributed by atoms with van der Waals surface area (Å²) in [7, 11) is -3.08. The zero-order valence-electron chi connectivity index (χ0n) is 38.9. The molecule has 1 aliphatic heterocycles. The largest absolute Gasteiger partial charge is 0.481 e. The molecule has 0 bridgehead atoms. The molecule has 6 aliphatic carbocycles. The maximum absolute atomic E-state index is 12.8. The predicted octanol–water partition coefficient (Wildman–Crippen LogP) is 10.2. The summed E-state index contributed by atoms with van der Waals surface area (Å²) < 4.78 is 30.5. The van der Waals surface area contributed by atoms with E-state index in [4.69, 9.17) is 16.2 Å². The molecule has 340 valence electrons. The van der Waals surface area contributed by atoms with Gasteiger partial charge in [-0.3, -0.25) is 4.79 Å². The first kappa shape index (κ1) is 45.6. The number of hydrogen-bond acceptors (Lipinski definition) is 7. The molecular formula is C52H76N3O6S+. The highest BCUT2D eigenvalue weighted by Gasteiger charge is 2.81. The average molecular weight is 871 g/mol. The molecule has 1 aromatic heterocycles. The quantitative estimate of drug-likeness (QED) is 0.198. The third-order valence-corrected chi connectivity index (χ3v) is 21.6. The standard InChI is InChI=1S/C52H75N3O6S/c1-35(2)38-18-24-51(55-31-27-50(58)28-32-62(59,60)33-29-50)26-25-48(8)43(52(38,51)53-9)36(3)13-14-41-46(6)20-17-39(45(4,5)40(46)19-21-47(41,48)7)37-15-22-49(23-16-37,44(56)57)34-61-42-12-10-11-30-54-42/h9-12,15,17,30,36,38,40-41,43,55,58H,1,13-14,16,18-29,31-34H2,2-8H3/p+1/t36-,38+,40+,41-,43?,46+,47-,48-,49?,51+,52+/m1/s1. The number of ether oxygens (including phenoxy) is 1. The molecule has 9 nitrogen and oxygen atoms in total. The van der Waals surface area contributed by atoms with Crippen molar-refractivity contribution in [3.8, 4) is 12.5 Å². The normalized spacial score (nSPS) is 42.9. The lowest BCUT2D eigenvalue weighted by Crippen LogP contribution is -2.73. The second-order valence-electron chi connectivity index (χ2n) is 23.1. The summed E-state index contributed by atoms with van der Waals surface area (Å²) in [6.45, 7) is 29.8. The van der Waals surface area contributed by atoms with Gasteiger partial charge in [-0.05, 0) is 166 Å². The molecular weight excluding hydrogens is 795 g/mol. The second kappa shape index (κ2) is 15.6. The topological polar surface area (TPSA) is 130 Å².